The Hall–Kier alpha value is -1.39. The number of carbonyl (C=O) groups is 1. The standard InChI is InChI=1S/C17H27N3O/c1-2-16-9-4-3-5-10-20(16)13-17(21)19-15-8-6-7-14(11-15)12-18/h6-8,11,16H,2-5,9-10,12-13,18H2,1H3,(H,19,21). The van der Waals surface area contributed by atoms with Gasteiger partial charge >= 0.3 is 0 Å². The molecule has 0 saturated carbocycles. The number of nitrogens with one attached hydrogen (secondary N) is 1. The summed E-state index contributed by atoms with van der Waals surface area (Å²) < 4.78 is 0. The number of anilines is 1. The van der Waals surface area contributed by atoms with E-state index in [2.05, 4.69) is 17.1 Å². The molecule has 116 valence electrons. The lowest BCUT2D eigenvalue weighted by atomic mass is 10.1. The van der Waals surface area contributed by atoms with E-state index in [1.807, 2.05) is 24.3 Å². The average Bonchev–Trinajstić information content (AvgIpc) is 2.72. The van der Waals surface area contributed by atoms with Crippen molar-refractivity contribution in [3.63, 3.8) is 0 Å². The number of amides is 1. The highest BCUT2D eigenvalue weighted by Gasteiger charge is 2.21. The summed E-state index contributed by atoms with van der Waals surface area (Å²) in [6.45, 7) is 4.24. The highest BCUT2D eigenvalue weighted by Crippen LogP contribution is 2.19. The molecule has 1 atom stereocenters. The highest BCUT2D eigenvalue weighted by molar-refractivity contribution is 5.92. The van der Waals surface area contributed by atoms with Crippen LogP contribution in [0.1, 0.15) is 44.6 Å². The highest BCUT2D eigenvalue weighted by atomic mass is 16.2. The number of carbonyl (C=O) groups excluding carboxylic acids is 1. The van der Waals surface area contributed by atoms with Crippen molar-refractivity contribution < 1.29 is 4.79 Å². The molecule has 1 fully saturated rings. The summed E-state index contributed by atoms with van der Waals surface area (Å²) >= 11 is 0. The summed E-state index contributed by atoms with van der Waals surface area (Å²) in [5.41, 5.74) is 7.51. The van der Waals surface area contributed by atoms with Crippen molar-refractivity contribution >= 4 is 11.6 Å². The predicted octanol–water partition coefficient (Wildman–Crippen LogP) is 2.74. The van der Waals surface area contributed by atoms with Crippen LogP contribution in [0.3, 0.4) is 0 Å². The van der Waals surface area contributed by atoms with Crippen LogP contribution in [0.15, 0.2) is 24.3 Å². The molecule has 0 aromatic heterocycles. The van der Waals surface area contributed by atoms with Crippen LogP contribution in [0, 0.1) is 0 Å². The van der Waals surface area contributed by atoms with Crippen LogP contribution in [-0.4, -0.2) is 29.9 Å². The molecule has 3 N–H and O–H groups in total. The third-order valence-corrected chi connectivity index (χ3v) is 4.26. The van der Waals surface area contributed by atoms with Gasteiger partial charge in [0.25, 0.3) is 0 Å². The van der Waals surface area contributed by atoms with Gasteiger partial charge in [0.2, 0.25) is 5.91 Å². The van der Waals surface area contributed by atoms with Crippen LogP contribution in [0.5, 0.6) is 0 Å². The van der Waals surface area contributed by atoms with Gasteiger partial charge in [0.15, 0.2) is 0 Å². The van der Waals surface area contributed by atoms with Gasteiger partial charge in [-0.25, -0.2) is 0 Å². The summed E-state index contributed by atoms with van der Waals surface area (Å²) in [5.74, 6) is 0.0736. The Balaban J connectivity index is 1.93. The maximum atomic E-state index is 12.3. The number of hydrogen-bond acceptors (Lipinski definition) is 3. The molecule has 4 nitrogen and oxygen atoms in total. The van der Waals surface area contributed by atoms with Gasteiger partial charge in [-0.1, -0.05) is 31.9 Å². The van der Waals surface area contributed by atoms with Gasteiger partial charge in [0, 0.05) is 18.3 Å². The van der Waals surface area contributed by atoms with Gasteiger partial charge in [0.1, 0.15) is 0 Å². The Morgan fingerprint density at radius 3 is 3.00 bits per heavy atom. The van der Waals surface area contributed by atoms with E-state index in [9.17, 15) is 4.79 Å². The van der Waals surface area contributed by atoms with Crippen molar-refractivity contribution in [2.45, 2.75) is 51.6 Å². The summed E-state index contributed by atoms with van der Waals surface area (Å²) in [5, 5.41) is 2.99. The molecule has 2 rings (SSSR count). The summed E-state index contributed by atoms with van der Waals surface area (Å²) in [6.07, 6.45) is 6.11. The van der Waals surface area contributed by atoms with Crippen LogP contribution in [0.25, 0.3) is 0 Å². The molecule has 0 bridgehead atoms. The molecule has 1 heterocycles. The topological polar surface area (TPSA) is 58.4 Å². The second kappa shape index (κ2) is 8.15. The fourth-order valence-corrected chi connectivity index (χ4v) is 3.07. The van der Waals surface area contributed by atoms with Crippen LogP contribution in [0.4, 0.5) is 5.69 Å². The fourth-order valence-electron chi connectivity index (χ4n) is 3.07. The minimum absolute atomic E-state index is 0.0736. The average molecular weight is 289 g/mol. The van der Waals surface area contributed by atoms with E-state index in [4.69, 9.17) is 5.73 Å². The zero-order valence-electron chi connectivity index (χ0n) is 13.0. The maximum Gasteiger partial charge on any atom is 0.238 e. The normalized spacial score (nSPS) is 20.0. The van der Waals surface area contributed by atoms with E-state index in [-0.39, 0.29) is 5.91 Å². The van der Waals surface area contributed by atoms with Crippen LogP contribution in [0.2, 0.25) is 0 Å². The molecule has 0 spiro atoms. The van der Waals surface area contributed by atoms with E-state index in [0.717, 1.165) is 24.2 Å². The van der Waals surface area contributed by atoms with E-state index < -0.39 is 0 Å². The zero-order valence-corrected chi connectivity index (χ0v) is 13.0. The molecule has 1 aromatic rings. The first-order chi connectivity index (χ1) is 10.2. The Morgan fingerprint density at radius 1 is 1.38 bits per heavy atom. The van der Waals surface area contributed by atoms with Crippen molar-refractivity contribution in [1.82, 2.24) is 4.90 Å². The monoisotopic (exact) mass is 289 g/mol. The Morgan fingerprint density at radius 2 is 2.24 bits per heavy atom. The van der Waals surface area contributed by atoms with Crippen molar-refractivity contribution in [2.75, 3.05) is 18.4 Å². The van der Waals surface area contributed by atoms with Crippen molar-refractivity contribution in [3.05, 3.63) is 29.8 Å². The largest absolute Gasteiger partial charge is 0.326 e. The second-order valence-corrected chi connectivity index (χ2v) is 5.83. The first-order valence-electron chi connectivity index (χ1n) is 8.06. The Kier molecular flexibility index (Phi) is 6.21. The quantitative estimate of drug-likeness (QED) is 0.876. The van der Waals surface area contributed by atoms with E-state index in [0.29, 0.717) is 19.1 Å². The number of rotatable bonds is 5. The molecular weight excluding hydrogens is 262 g/mol. The summed E-state index contributed by atoms with van der Waals surface area (Å²) in [7, 11) is 0. The lowest BCUT2D eigenvalue weighted by Crippen LogP contribution is -2.40. The van der Waals surface area contributed by atoms with E-state index in [1.54, 1.807) is 0 Å². The summed E-state index contributed by atoms with van der Waals surface area (Å²) in [6, 6.07) is 8.30. The SMILES string of the molecule is CCC1CCCCCN1CC(=O)Nc1cccc(CN)c1. The van der Waals surface area contributed by atoms with Crippen LogP contribution >= 0.6 is 0 Å². The molecule has 4 heteroatoms. The molecule has 1 unspecified atom stereocenters. The molecule has 1 aliphatic heterocycles. The number of benzene rings is 1. The molecule has 1 amide bonds. The Bertz CT molecular complexity index is 461. The van der Waals surface area contributed by atoms with Crippen molar-refractivity contribution in [1.29, 1.82) is 0 Å². The van der Waals surface area contributed by atoms with Gasteiger partial charge in [-0.3, -0.25) is 9.69 Å². The predicted molar refractivity (Wildman–Crippen MR) is 87.1 cm³/mol. The molecule has 0 radical (unpaired) electrons. The Labute approximate surface area is 127 Å². The van der Waals surface area contributed by atoms with Gasteiger partial charge in [-0.2, -0.15) is 0 Å². The zero-order chi connectivity index (χ0) is 15.1. The number of nitrogens with zero attached hydrogens (tertiary/aromatic N) is 1. The molecule has 21 heavy (non-hydrogen) atoms. The number of hydrogen-bond donors (Lipinski definition) is 2. The van der Waals surface area contributed by atoms with E-state index >= 15 is 0 Å². The van der Waals surface area contributed by atoms with Crippen LogP contribution in [-0.2, 0) is 11.3 Å². The summed E-state index contributed by atoms with van der Waals surface area (Å²) in [4.78, 5) is 14.6. The van der Waals surface area contributed by atoms with Gasteiger partial charge < -0.3 is 11.1 Å². The first-order valence-corrected chi connectivity index (χ1v) is 8.06. The third-order valence-electron chi connectivity index (χ3n) is 4.26. The van der Waals surface area contributed by atoms with Crippen molar-refractivity contribution in [3.8, 4) is 0 Å². The first kappa shape index (κ1) is 16.0. The minimum atomic E-state index is 0.0736. The molecule has 1 aliphatic rings. The molecular formula is C17H27N3O. The third kappa shape index (κ3) is 4.83. The smallest absolute Gasteiger partial charge is 0.238 e. The molecule has 1 saturated heterocycles. The minimum Gasteiger partial charge on any atom is -0.326 e. The fraction of sp³-hybridized carbons (Fsp3) is 0.588. The van der Waals surface area contributed by atoms with Gasteiger partial charge in [-0.05, 0) is 43.5 Å². The van der Waals surface area contributed by atoms with Gasteiger partial charge in [0.05, 0.1) is 6.54 Å². The molecule has 1 aromatic carbocycles. The van der Waals surface area contributed by atoms with Crippen molar-refractivity contribution in [2.24, 2.45) is 5.73 Å². The lowest BCUT2D eigenvalue weighted by Gasteiger charge is -2.28. The van der Waals surface area contributed by atoms with Gasteiger partial charge in [-0.15, -0.1) is 0 Å². The molecule has 0 aliphatic carbocycles. The lowest BCUT2D eigenvalue weighted by molar-refractivity contribution is -0.117. The number of nitrogens with two attached hydrogens (primary N) is 1. The second-order valence-electron chi connectivity index (χ2n) is 5.83. The van der Waals surface area contributed by atoms with Crippen LogP contribution < -0.4 is 11.1 Å². The maximum absolute atomic E-state index is 12.3. The number of likely N-dealkylation sites (tertiary alicyclic amines) is 1. The van der Waals surface area contributed by atoms with E-state index in [1.165, 1.54) is 25.7 Å².